The second kappa shape index (κ2) is 18.6. The van der Waals surface area contributed by atoms with E-state index >= 15 is 0 Å². The predicted octanol–water partition coefficient (Wildman–Crippen LogP) is 6.58. The van der Waals surface area contributed by atoms with Gasteiger partial charge >= 0.3 is 6.09 Å². The molecule has 7 nitrogen and oxygen atoms in total. The number of carbonyl (C=O) groups excluding carboxylic acids is 1. The van der Waals surface area contributed by atoms with Crippen molar-refractivity contribution >= 4 is 6.09 Å². The summed E-state index contributed by atoms with van der Waals surface area (Å²) in [5.41, 5.74) is 0.248. The second-order valence-electron chi connectivity index (χ2n) is 11.2. The Morgan fingerprint density at radius 1 is 0.838 bits per heavy atom. The fourth-order valence-corrected chi connectivity index (χ4v) is 4.30. The van der Waals surface area contributed by atoms with Gasteiger partial charge in [-0.05, 0) is 32.8 Å². The van der Waals surface area contributed by atoms with Gasteiger partial charge in [-0.15, -0.1) is 0 Å². The Kier molecular flexibility index (Phi) is 16.7. The molecule has 0 radical (unpaired) electrons. The van der Waals surface area contributed by atoms with Crippen LogP contribution in [0.5, 0.6) is 0 Å². The maximum Gasteiger partial charge on any atom is 0.408 e. The SMILES string of the molecule is CCCCCCCCCCCCCC[C@H](C[C@H](NC(=O)OC(C)(C)C)C(O)(O)O)OCc1ccccc1. The van der Waals surface area contributed by atoms with Gasteiger partial charge in [-0.3, -0.25) is 0 Å². The lowest BCUT2D eigenvalue weighted by Crippen LogP contribution is -2.55. The number of alkyl carbamates (subject to hydrolysis) is 1. The van der Waals surface area contributed by atoms with Crippen molar-refractivity contribution in [1.29, 1.82) is 0 Å². The first-order chi connectivity index (χ1) is 17.5. The number of hydrogen-bond donors (Lipinski definition) is 4. The van der Waals surface area contributed by atoms with Crippen LogP contribution in [0.15, 0.2) is 30.3 Å². The van der Waals surface area contributed by atoms with Crippen molar-refractivity contribution in [3.8, 4) is 0 Å². The molecule has 4 N–H and O–H groups in total. The Morgan fingerprint density at radius 2 is 1.35 bits per heavy atom. The van der Waals surface area contributed by atoms with Crippen LogP contribution in [0.3, 0.4) is 0 Å². The summed E-state index contributed by atoms with van der Waals surface area (Å²) in [6.45, 7) is 7.75. The van der Waals surface area contributed by atoms with Crippen LogP contribution in [-0.4, -0.2) is 45.1 Å². The minimum atomic E-state index is -3.10. The molecule has 1 rings (SSSR count). The minimum Gasteiger partial charge on any atom is -0.444 e. The largest absolute Gasteiger partial charge is 0.444 e. The molecular weight excluding hydrogens is 470 g/mol. The molecule has 1 aromatic carbocycles. The van der Waals surface area contributed by atoms with Gasteiger partial charge in [0.15, 0.2) is 0 Å². The highest BCUT2D eigenvalue weighted by atomic mass is 16.7. The van der Waals surface area contributed by atoms with Gasteiger partial charge in [-0.2, -0.15) is 0 Å². The van der Waals surface area contributed by atoms with Crippen molar-refractivity contribution in [2.45, 2.75) is 148 Å². The molecule has 0 fully saturated rings. The van der Waals surface area contributed by atoms with Crippen LogP contribution in [0.4, 0.5) is 4.79 Å². The summed E-state index contributed by atoms with van der Waals surface area (Å²) in [6, 6.07) is 8.38. The number of ether oxygens (including phenoxy) is 2. The summed E-state index contributed by atoms with van der Waals surface area (Å²) >= 11 is 0. The normalized spacial score (nSPS) is 13.8. The third-order valence-electron chi connectivity index (χ3n) is 6.37. The van der Waals surface area contributed by atoms with E-state index < -0.39 is 23.7 Å². The Bertz CT molecular complexity index is 698. The fourth-order valence-electron chi connectivity index (χ4n) is 4.30. The van der Waals surface area contributed by atoms with Gasteiger partial charge in [0.25, 0.3) is 5.97 Å². The van der Waals surface area contributed by atoms with E-state index in [1.165, 1.54) is 57.8 Å². The fraction of sp³-hybridized carbons (Fsp3) is 0.767. The molecular formula is C30H53NO6. The van der Waals surface area contributed by atoms with E-state index in [9.17, 15) is 20.1 Å². The molecule has 0 saturated heterocycles. The molecule has 7 heteroatoms. The molecule has 37 heavy (non-hydrogen) atoms. The predicted molar refractivity (Wildman–Crippen MR) is 148 cm³/mol. The number of nitrogens with one attached hydrogen (secondary N) is 1. The molecule has 0 spiro atoms. The summed E-state index contributed by atoms with van der Waals surface area (Å²) in [5, 5.41) is 32.1. The zero-order valence-electron chi connectivity index (χ0n) is 23.7. The maximum atomic E-state index is 12.2. The number of carbonyl (C=O) groups is 1. The van der Waals surface area contributed by atoms with Crippen molar-refractivity contribution in [3.63, 3.8) is 0 Å². The van der Waals surface area contributed by atoms with E-state index in [4.69, 9.17) is 9.47 Å². The average molecular weight is 524 g/mol. The summed E-state index contributed by atoms with van der Waals surface area (Å²) in [7, 11) is 0. The van der Waals surface area contributed by atoms with Crippen molar-refractivity contribution < 1.29 is 29.6 Å². The molecule has 1 amide bonds. The second-order valence-corrected chi connectivity index (χ2v) is 11.2. The average Bonchev–Trinajstić information content (AvgIpc) is 2.81. The van der Waals surface area contributed by atoms with Crippen LogP contribution >= 0.6 is 0 Å². The first kappa shape index (κ1) is 33.4. The first-order valence-electron chi connectivity index (χ1n) is 14.3. The van der Waals surface area contributed by atoms with Crippen LogP contribution in [0.25, 0.3) is 0 Å². The number of amides is 1. The van der Waals surface area contributed by atoms with Gasteiger partial charge in [-0.1, -0.05) is 114 Å². The van der Waals surface area contributed by atoms with Gasteiger partial charge in [-0.25, -0.2) is 4.79 Å². The molecule has 214 valence electrons. The van der Waals surface area contributed by atoms with E-state index in [1.807, 2.05) is 30.3 Å². The third-order valence-corrected chi connectivity index (χ3v) is 6.37. The number of benzene rings is 1. The van der Waals surface area contributed by atoms with Gasteiger partial charge in [0, 0.05) is 6.42 Å². The Morgan fingerprint density at radius 3 is 1.84 bits per heavy atom. The summed E-state index contributed by atoms with van der Waals surface area (Å²) < 4.78 is 11.3. The zero-order chi connectivity index (χ0) is 27.6. The molecule has 0 unspecified atom stereocenters. The lowest BCUT2D eigenvalue weighted by molar-refractivity contribution is -0.329. The molecule has 0 aliphatic heterocycles. The first-order valence-corrected chi connectivity index (χ1v) is 14.3. The highest BCUT2D eigenvalue weighted by Crippen LogP contribution is 2.20. The molecule has 0 aliphatic carbocycles. The highest BCUT2D eigenvalue weighted by molar-refractivity contribution is 5.68. The minimum absolute atomic E-state index is 0.0353. The Hall–Kier alpha value is -1.67. The van der Waals surface area contributed by atoms with E-state index in [-0.39, 0.29) is 12.5 Å². The molecule has 0 heterocycles. The quantitative estimate of drug-likeness (QED) is 0.114. The van der Waals surface area contributed by atoms with Crippen LogP contribution < -0.4 is 5.32 Å². The van der Waals surface area contributed by atoms with Crippen molar-refractivity contribution in [1.82, 2.24) is 5.32 Å². The van der Waals surface area contributed by atoms with Crippen molar-refractivity contribution in [2.75, 3.05) is 0 Å². The number of rotatable bonds is 20. The van der Waals surface area contributed by atoms with E-state index in [0.717, 1.165) is 24.8 Å². The van der Waals surface area contributed by atoms with Crippen LogP contribution in [0.1, 0.15) is 123 Å². The Balaban J connectivity index is 2.52. The van der Waals surface area contributed by atoms with E-state index in [0.29, 0.717) is 13.0 Å². The molecule has 0 saturated carbocycles. The number of aliphatic hydroxyl groups is 3. The van der Waals surface area contributed by atoms with Crippen LogP contribution in [0, 0.1) is 0 Å². The van der Waals surface area contributed by atoms with Gasteiger partial charge in [0.05, 0.1) is 12.7 Å². The molecule has 2 atom stereocenters. The zero-order valence-corrected chi connectivity index (χ0v) is 23.7. The molecule has 1 aromatic rings. The van der Waals surface area contributed by atoms with Crippen LogP contribution in [-0.2, 0) is 16.1 Å². The lowest BCUT2D eigenvalue weighted by atomic mass is 10.00. The topological polar surface area (TPSA) is 108 Å². The smallest absolute Gasteiger partial charge is 0.408 e. The van der Waals surface area contributed by atoms with Crippen LogP contribution in [0.2, 0.25) is 0 Å². The molecule has 0 aromatic heterocycles. The third kappa shape index (κ3) is 18.3. The van der Waals surface area contributed by atoms with Crippen molar-refractivity contribution in [2.24, 2.45) is 0 Å². The maximum absolute atomic E-state index is 12.2. The van der Waals surface area contributed by atoms with Gasteiger partial charge < -0.3 is 30.1 Å². The van der Waals surface area contributed by atoms with Gasteiger partial charge in [0.1, 0.15) is 11.6 Å². The number of unbranched alkanes of at least 4 members (excludes halogenated alkanes) is 11. The molecule has 0 bridgehead atoms. The van der Waals surface area contributed by atoms with Gasteiger partial charge in [0.2, 0.25) is 0 Å². The van der Waals surface area contributed by atoms with Crippen molar-refractivity contribution in [3.05, 3.63) is 35.9 Å². The Labute approximate surface area is 225 Å². The lowest BCUT2D eigenvalue weighted by Gasteiger charge is -2.31. The molecule has 0 aliphatic rings. The van der Waals surface area contributed by atoms with E-state index in [1.54, 1.807) is 20.8 Å². The van der Waals surface area contributed by atoms with E-state index in [2.05, 4.69) is 12.2 Å². The standard InChI is InChI=1S/C30H53NO6/c1-5-6-7-8-9-10-11-12-13-14-15-19-22-26(36-24-25-20-17-16-18-21-25)23-27(30(33,34)35)31-28(32)37-29(2,3)4/h16-18,20-21,26-27,33-35H,5-15,19,22-24H2,1-4H3,(H,31,32)/t26-,27+/m1/s1. The monoisotopic (exact) mass is 523 g/mol. The number of hydrogen-bond acceptors (Lipinski definition) is 6. The summed E-state index contributed by atoms with van der Waals surface area (Å²) in [5.74, 6) is -3.10. The summed E-state index contributed by atoms with van der Waals surface area (Å²) in [6.07, 6.45) is 14.5. The highest BCUT2D eigenvalue weighted by Gasteiger charge is 2.37. The summed E-state index contributed by atoms with van der Waals surface area (Å²) in [4.78, 5) is 12.2.